The van der Waals surface area contributed by atoms with Gasteiger partial charge in [0.05, 0.1) is 12.9 Å². The van der Waals surface area contributed by atoms with Gasteiger partial charge >= 0.3 is 11.9 Å². The van der Waals surface area contributed by atoms with Crippen molar-refractivity contribution in [3.63, 3.8) is 0 Å². The summed E-state index contributed by atoms with van der Waals surface area (Å²) in [6, 6.07) is 7.51. The van der Waals surface area contributed by atoms with Crippen LogP contribution in [0.5, 0.6) is 0 Å². The molecule has 0 aromatic heterocycles. The van der Waals surface area contributed by atoms with Crippen LogP contribution in [-0.2, 0) is 20.1 Å². The molecular weight excluding hydrogens is 252 g/mol. The standard InChI is InChI=1S/C13H14O4S/c1-17-13(16)9-18-8-11-4-2-3-10(7-11)5-6-12(14)15/h2-7H,8-9H2,1H3,(H,14,15). The van der Waals surface area contributed by atoms with Crippen LogP contribution in [0.1, 0.15) is 11.1 Å². The first kappa shape index (κ1) is 14.3. The van der Waals surface area contributed by atoms with Gasteiger partial charge in [-0.2, -0.15) is 0 Å². The minimum absolute atomic E-state index is 0.248. The predicted molar refractivity (Wildman–Crippen MR) is 71.3 cm³/mol. The van der Waals surface area contributed by atoms with Crippen LogP contribution in [0.3, 0.4) is 0 Å². The third-order valence-electron chi connectivity index (χ3n) is 2.09. The molecule has 0 fully saturated rings. The summed E-state index contributed by atoms with van der Waals surface area (Å²) in [5, 5.41) is 8.53. The maximum absolute atomic E-state index is 10.9. The molecule has 1 N–H and O–H groups in total. The van der Waals surface area contributed by atoms with Crippen LogP contribution in [0.2, 0.25) is 0 Å². The molecule has 1 aromatic carbocycles. The van der Waals surface area contributed by atoms with Gasteiger partial charge in [0.25, 0.3) is 0 Å². The quantitative estimate of drug-likeness (QED) is 0.631. The van der Waals surface area contributed by atoms with E-state index >= 15 is 0 Å². The molecule has 0 radical (unpaired) electrons. The van der Waals surface area contributed by atoms with Crippen molar-refractivity contribution in [1.29, 1.82) is 0 Å². The number of hydrogen-bond acceptors (Lipinski definition) is 4. The minimum atomic E-state index is -0.972. The van der Waals surface area contributed by atoms with E-state index in [1.165, 1.54) is 24.9 Å². The molecule has 0 aliphatic rings. The maximum atomic E-state index is 10.9. The van der Waals surface area contributed by atoms with Crippen LogP contribution in [0, 0.1) is 0 Å². The SMILES string of the molecule is COC(=O)CSCc1cccc(C=CC(=O)O)c1. The van der Waals surface area contributed by atoms with Crippen molar-refractivity contribution in [3.05, 3.63) is 41.5 Å². The first-order chi connectivity index (χ1) is 8.61. The number of aliphatic carboxylic acids is 1. The lowest BCUT2D eigenvalue weighted by Crippen LogP contribution is -2.03. The van der Waals surface area contributed by atoms with Crippen molar-refractivity contribution in [2.75, 3.05) is 12.9 Å². The zero-order chi connectivity index (χ0) is 13.4. The summed E-state index contributed by atoms with van der Waals surface area (Å²) in [6.45, 7) is 0. The molecule has 0 aliphatic heterocycles. The summed E-state index contributed by atoms with van der Waals surface area (Å²) < 4.78 is 4.54. The number of esters is 1. The fraction of sp³-hybridized carbons (Fsp3) is 0.231. The summed E-state index contributed by atoms with van der Waals surface area (Å²) in [5.41, 5.74) is 1.87. The Labute approximate surface area is 110 Å². The molecule has 0 unspecified atom stereocenters. The molecule has 0 saturated carbocycles. The van der Waals surface area contributed by atoms with Gasteiger partial charge in [-0.3, -0.25) is 4.79 Å². The molecule has 0 atom stereocenters. The number of hydrogen-bond donors (Lipinski definition) is 1. The second-order valence-corrected chi connectivity index (χ2v) is 4.47. The second-order valence-electron chi connectivity index (χ2n) is 3.49. The summed E-state index contributed by atoms with van der Waals surface area (Å²) in [6.07, 6.45) is 2.64. The van der Waals surface area contributed by atoms with Crippen LogP contribution in [0.4, 0.5) is 0 Å². The minimum Gasteiger partial charge on any atom is -0.478 e. The summed E-state index contributed by atoms with van der Waals surface area (Å²) >= 11 is 1.46. The maximum Gasteiger partial charge on any atom is 0.328 e. The summed E-state index contributed by atoms with van der Waals surface area (Å²) in [4.78, 5) is 21.3. The molecule has 96 valence electrons. The van der Waals surface area contributed by atoms with Crippen molar-refractivity contribution in [3.8, 4) is 0 Å². The molecule has 0 aliphatic carbocycles. The van der Waals surface area contributed by atoms with Gasteiger partial charge in [0.2, 0.25) is 0 Å². The van der Waals surface area contributed by atoms with E-state index in [0.717, 1.165) is 17.2 Å². The van der Waals surface area contributed by atoms with Crippen molar-refractivity contribution in [2.24, 2.45) is 0 Å². The lowest BCUT2D eigenvalue weighted by Gasteiger charge is -2.02. The first-order valence-corrected chi connectivity index (χ1v) is 6.42. The Balaban J connectivity index is 2.54. The third kappa shape index (κ3) is 5.54. The molecule has 0 saturated heterocycles. The van der Waals surface area contributed by atoms with E-state index in [9.17, 15) is 9.59 Å². The Morgan fingerprint density at radius 1 is 1.44 bits per heavy atom. The van der Waals surface area contributed by atoms with E-state index in [1.807, 2.05) is 24.3 Å². The highest BCUT2D eigenvalue weighted by Crippen LogP contribution is 2.14. The zero-order valence-corrected chi connectivity index (χ0v) is 10.8. The van der Waals surface area contributed by atoms with E-state index in [-0.39, 0.29) is 5.97 Å². The van der Waals surface area contributed by atoms with Crippen LogP contribution in [-0.4, -0.2) is 29.9 Å². The highest BCUT2D eigenvalue weighted by atomic mass is 32.2. The highest BCUT2D eigenvalue weighted by Gasteiger charge is 2.01. The van der Waals surface area contributed by atoms with E-state index in [2.05, 4.69) is 4.74 Å². The third-order valence-corrected chi connectivity index (χ3v) is 3.06. The number of ether oxygens (including phenoxy) is 1. The topological polar surface area (TPSA) is 63.6 Å². The fourth-order valence-corrected chi connectivity index (χ4v) is 2.07. The Morgan fingerprint density at radius 3 is 2.89 bits per heavy atom. The largest absolute Gasteiger partial charge is 0.478 e. The molecule has 1 rings (SSSR count). The summed E-state index contributed by atoms with van der Waals surface area (Å²) in [7, 11) is 1.36. The number of carboxylic acids is 1. The number of carbonyl (C=O) groups excluding carboxylic acids is 1. The zero-order valence-electron chi connectivity index (χ0n) is 9.96. The van der Waals surface area contributed by atoms with Crippen LogP contribution in [0.15, 0.2) is 30.3 Å². The van der Waals surface area contributed by atoms with E-state index in [4.69, 9.17) is 5.11 Å². The van der Waals surface area contributed by atoms with Gasteiger partial charge in [-0.05, 0) is 17.2 Å². The Morgan fingerprint density at radius 2 is 2.22 bits per heavy atom. The van der Waals surface area contributed by atoms with Gasteiger partial charge in [0.15, 0.2) is 0 Å². The molecule has 18 heavy (non-hydrogen) atoms. The monoisotopic (exact) mass is 266 g/mol. The molecule has 0 heterocycles. The number of thioether (sulfide) groups is 1. The van der Waals surface area contributed by atoms with E-state index in [0.29, 0.717) is 11.5 Å². The Hall–Kier alpha value is -1.75. The van der Waals surface area contributed by atoms with E-state index in [1.54, 1.807) is 0 Å². The molecule has 0 spiro atoms. The van der Waals surface area contributed by atoms with Crippen LogP contribution in [0.25, 0.3) is 6.08 Å². The fourth-order valence-electron chi connectivity index (χ4n) is 1.27. The normalized spacial score (nSPS) is 10.5. The lowest BCUT2D eigenvalue weighted by atomic mass is 10.1. The van der Waals surface area contributed by atoms with Gasteiger partial charge in [0, 0.05) is 11.8 Å². The average Bonchev–Trinajstić information content (AvgIpc) is 2.36. The van der Waals surface area contributed by atoms with Crippen molar-refractivity contribution < 1.29 is 19.4 Å². The van der Waals surface area contributed by atoms with Gasteiger partial charge < -0.3 is 9.84 Å². The molecule has 1 aromatic rings. The highest BCUT2D eigenvalue weighted by molar-refractivity contribution is 7.99. The summed E-state index contributed by atoms with van der Waals surface area (Å²) in [5.74, 6) is -0.224. The van der Waals surface area contributed by atoms with Crippen LogP contribution >= 0.6 is 11.8 Å². The lowest BCUT2D eigenvalue weighted by molar-refractivity contribution is -0.137. The van der Waals surface area contributed by atoms with Crippen molar-refractivity contribution >= 4 is 29.8 Å². The Bertz CT molecular complexity index is 454. The van der Waals surface area contributed by atoms with Gasteiger partial charge in [-0.15, -0.1) is 11.8 Å². The number of rotatable bonds is 6. The van der Waals surface area contributed by atoms with Crippen molar-refractivity contribution in [1.82, 2.24) is 0 Å². The Kier molecular flexibility index (Phi) is 6.00. The van der Waals surface area contributed by atoms with Crippen molar-refractivity contribution in [2.45, 2.75) is 5.75 Å². The van der Waals surface area contributed by atoms with E-state index < -0.39 is 5.97 Å². The van der Waals surface area contributed by atoms with Gasteiger partial charge in [-0.1, -0.05) is 24.3 Å². The number of benzene rings is 1. The number of carboxylic acid groups (broad SMARTS) is 1. The molecule has 0 amide bonds. The number of carbonyl (C=O) groups is 2. The molecule has 0 bridgehead atoms. The predicted octanol–water partition coefficient (Wildman–Crippen LogP) is 2.19. The second kappa shape index (κ2) is 7.55. The number of methoxy groups -OCH3 is 1. The van der Waals surface area contributed by atoms with Crippen LogP contribution < -0.4 is 0 Å². The van der Waals surface area contributed by atoms with Gasteiger partial charge in [0.1, 0.15) is 0 Å². The average molecular weight is 266 g/mol. The molecular formula is C13H14O4S. The smallest absolute Gasteiger partial charge is 0.328 e. The molecule has 5 heteroatoms. The van der Waals surface area contributed by atoms with Gasteiger partial charge in [-0.25, -0.2) is 4.79 Å². The molecule has 4 nitrogen and oxygen atoms in total. The first-order valence-electron chi connectivity index (χ1n) is 5.26.